The molecule has 0 unspecified atom stereocenters. The predicted molar refractivity (Wildman–Crippen MR) is 83.9 cm³/mol. The summed E-state index contributed by atoms with van der Waals surface area (Å²) in [6.45, 7) is 4.65. The highest BCUT2D eigenvalue weighted by molar-refractivity contribution is 5.75. The van der Waals surface area contributed by atoms with Crippen LogP contribution in [-0.4, -0.2) is 66.2 Å². The molecule has 2 saturated heterocycles. The molecule has 22 heavy (non-hydrogen) atoms. The zero-order valence-electron chi connectivity index (χ0n) is 12.9. The molecule has 0 bridgehead atoms. The van der Waals surface area contributed by atoms with Crippen LogP contribution in [0.4, 0.5) is 4.79 Å². The lowest BCUT2D eigenvalue weighted by Gasteiger charge is -2.40. The van der Waals surface area contributed by atoms with Crippen molar-refractivity contribution in [2.75, 3.05) is 39.3 Å². The van der Waals surface area contributed by atoms with Crippen LogP contribution in [0.1, 0.15) is 19.3 Å². The van der Waals surface area contributed by atoms with Crippen LogP contribution < -0.4 is 10.1 Å². The Hall–Kier alpha value is -1.82. The maximum atomic E-state index is 12.7. The summed E-state index contributed by atoms with van der Waals surface area (Å²) in [5, 5.41) is 3.35. The van der Waals surface area contributed by atoms with Gasteiger partial charge >= 0.3 is 6.03 Å². The molecule has 3 rings (SSSR count). The minimum atomic E-state index is 0.0726. The number of likely N-dealkylation sites (tertiary alicyclic amines) is 1. The van der Waals surface area contributed by atoms with Gasteiger partial charge in [0.2, 0.25) is 0 Å². The summed E-state index contributed by atoms with van der Waals surface area (Å²) in [5.41, 5.74) is 0. The van der Waals surface area contributed by atoms with E-state index in [1.54, 1.807) is 12.4 Å². The average Bonchev–Trinajstić information content (AvgIpc) is 2.61. The van der Waals surface area contributed by atoms with E-state index < -0.39 is 0 Å². The highest BCUT2D eigenvalue weighted by Crippen LogP contribution is 2.15. The molecule has 2 aliphatic heterocycles. The van der Waals surface area contributed by atoms with Gasteiger partial charge in [0, 0.05) is 38.9 Å². The standard InChI is InChI=1S/C16H24N4O2/c21-16(19-8-2-1-3-9-19)20-10-7-18-11-14(20)13-22-15-5-4-6-17-12-15/h4-6,12,14,18H,1-3,7-11,13H2/t14-/m0/s1. The van der Waals surface area contributed by atoms with Crippen molar-refractivity contribution in [1.29, 1.82) is 0 Å². The fourth-order valence-corrected chi connectivity index (χ4v) is 3.05. The second-order valence-corrected chi connectivity index (χ2v) is 5.88. The highest BCUT2D eigenvalue weighted by Gasteiger charge is 2.30. The van der Waals surface area contributed by atoms with E-state index in [0.29, 0.717) is 6.61 Å². The van der Waals surface area contributed by atoms with Gasteiger partial charge in [-0.15, -0.1) is 0 Å². The molecule has 2 amide bonds. The Morgan fingerprint density at radius 3 is 2.95 bits per heavy atom. The lowest BCUT2D eigenvalue weighted by molar-refractivity contribution is 0.0929. The molecule has 120 valence electrons. The molecule has 6 nitrogen and oxygen atoms in total. The molecular weight excluding hydrogens is 280 g/mol. The summed E-state index contributed by atoms with van der Waals surface area (Å²) in [5.74, 6) is 0.749. The van der Waals surface area contributed by atoms with Crippen molar-refractivity contribution in [2.45, 2.75) is 25.3 Å². The van der Waals surface area contributed by atoms with Crippen molar-refractivity contribution in [1.82, 2.24) is 20.1 Å². The largest absolute Gasteiger partial charge is 0.490 e. The third kappa shape index (κ3) is 3.68. The van der Waals surface area contributed by atoms with Crippen molar-refractivity contribution >= 4 is 6.03 Å². The van der Waals surface area contributed by atoms with Crippen LogP contribution in [0.5, 0.6) is 5.75 Å². The number of hydrogen-bond acceptors (Lipinski definition) is 4. The number of rotatable bonds is 3. The van der Waals surface area contributed by atoms with Gasteiger partial charge in [-0.3, -0.25) is 4.98 Å². The summed E-state index contributed by atoms with van der Waals surface area (Å²) in [6, 6.07) is 3.98. The van der Waals surface area contributed by atoms with Gasteiger partial charge in [-0.1, -0.05) is 0 Å². The topological polar surface area (TPSA) is 57.7 Å². The van der Waals surface area contributed by atoms with Crippen molar-refractivity contribution in [3.8, 4) is 5.75 Å². The van der Waals surface area contributed by atoms with Gasteiger partial charge < -0.3 is 19.9 Å². The lowest BCUT2D eigenvalue weighted by atomic mass is 10.1. The van der Waals surface area contributed by atoms with Crippen molar-refractivity contribution in [3.63, 3.8) is 0 Å². The fourth-order valence-electron chi connectivity index (χ4n) is 3.05. The molecule has 0 aliphatic carbocycles. The molecule has 0 spiro atoms. The van der Waals surface area contributed by atoms with Gasteiger partial charge in [0.25, 0.3) is 0 Å². The number of amides is 2. The number of nitrogens with one attached hydrogen (secondary N) is 1. The van der Waals surface area contributed by atoms with Crippen LogP contribution in [0.2, 0.25) is 0 Å². The van der Waals surface area contributed by atoms with E-state index >= 15 is 0 Å². The first kappa shape index (κ1) is 15.1. The van der Waals surface area contributed by atoms with Crippen LogP contribution >= 0.6 is 0 Å². The summed E-state index contributed by atoms with van der Waals surface area (Å²) in [4.78, 5) is 20.7. The average molecular weight is 304 g/mol. The number of piperazine rings is 1. The first-order valence-corrected chi connectivity index (χ1v) is 8.14. The molecule has 2 fully saturated rings. The molecule has 1 aromatic heterocycles. The predicted octanol–water partition coefficient (Wildman–Crippen LogP) is 1.34. The zero-order chi connectivity index (χ0) is 15.2. The van der Waals surface area contributed by atoms with Gasteiger partial charge in [0.05, 0.1) is 12.2 Å². The molecule has 1 N–H and O–H groups in total. The van der Waals surface area contributed by atoms with Gasteiger partial charge in [-0.05, 0) is 31.4 Å². The number of nitrogens with zero attached hydrogens (tertiary/aromatic N) is 3. The molecule has 1 atom stereocenters. The first-order valence-electron chi connectivity index (χ1n) is 8.14. The Bertz CT molecular complexity index is 476. The van der Waals surface area contributed by atoms with E-state index in [4.69, 9.17) is 4.74 Å². The minimum absolute atomic E-state index is 0.0726. The maximum absolute atomic E-state index is 12.7. The Labute approximate surface area is 131 Å². The molecule has 2 aliphatic rings. The van der Waals surface area contributed by atoms with Crippen LogP contribution in [0.15, 0.2) is 24.5 Å². The number of ether oxygens (including phenoxy) is 1. The van der Waals surface area contributed by atoms with Crippen LogP contribution in [-0.2, 0) is 0 Å². The van der Waals surface area contributed by atoms with E-state index in [1.807, 2.05) is 21.9 Å². The second kappa shape index (κ2) is 7.45. The van der Waals surface area contributed by atoms with Crippen molar-refractivity contribution in [2.24, 2.45) is 0 Å². The van der Waals surface area contributed by atoms with Gasteiger partial charge in [0.15, 0.2) is 0 Å². The quantitative estimate of drug-likeness (QED) is 0.915. The number of aromatic nitrogens is 1. The summed E-state index contributed by atoms with van der Waals surface area (Å²) in [7, 11) is 0. The number of hydrogen-bond donors (Lipinski definition) is 1. The monoisotopic (exact) mass is 304 g/mol. The van der Waals surface area contributed by atoms with Gasteiger partial charge in [-0.25, -0.2) is 4.79 Å². The number of carbonyl (C=O) groups excluding carboxylic acids is 1. The molecular formula is C16H24N4O2. The summed E-state index contributed by atoms with van der Waals surface area (Å²) in [6.07, 6.45) is 6.90. The smallest absolute Gasteiger partial charge is 0.320 e. The van der Waals surface area contributed by atoms with E-state index in [9.17, 15) is 4.79 Å². The van der Waals surface area contributed by atoms with E-state index in [2.05, 4.69) is 10.3 Å². The first-order chi connectivity index (χ1) is 10.8. The fraction of sp³-hybridized carbons (Fsp3) is 0.625. The molecule has 3 heterocycles. The van der Waals surface area contributed by atoms with E-state index in [0.717, 1.165) is 51.3 Å². The third-order valence-corrected chi connectivity index (χ3v) is 4.30. The van der Waals surface area contributed by atoms with Crippen LogP contribution in [0, 0.1) is 0 Å². The second-order valence-electron chi connectivity index (χ2n) is 5.88. The normalized spacial score (nSPS) is 22.5. The maximum Gasteiger partial charge on any atom is 0.320 e. The molecule has 0 aromatic carbocycles. The van der Waals surface area contributed by atoms with Crippen LogP contribution in [0.3, 0.4) is 0 Å². The Balaban J connectivity index is 1.59. The number of urea groups is 1. The Morgan fingerprint density at radius 2 is 2.18 bits per heavy atom. The van der Waals surface area contributed by atoms with Gasteiger partial charge in [0.1, 0.15) is 12.4 Å². The molecule has 0 saturated carbocycles. The zero-order valence-corrected chi connectivity index (χ0v) is 12.9. The molecule has 1 aromatic rings. The third-order valence-electron chi connectivity index (χ3n) is 4.30. The van der Waals surface area contributed by atoms with Crippen molar-refractivity contribution < 1.29 is 9.53 Å². The SMILES string of the molecule is O=C(N1CCCCC1)N1CCNC[C@H]1COc1cccnc1. The van der Waals surface area contributed by atoms with Gasteiger partial charge in [-0.2, -0.15) is 0 Å². The van der Waals surface area contributed by atoms with E-state index in [-0.39, 0.29) is 12.1 Å². The molecule has 6 heteroatoms. The van der Waals surface area contributed by atoms with E-state index in [1.165, 1.54) is 6.42 Å². The minimum Gasteiger partial charge on any atom is -0.490 e. The number of piperidine rings is 1. The molecule has 0 radical (unpaired) electrons. The summed E-state index contributed by atoms with van der Waals surface area (Å²) >= 11 is 0. The van der Waals surface area contributed by atoms with Crippen LogP contribution in [0.25, 0.3) is 0 Å². The highest BCUT2D eigenvalue weighted by atomic mass is 16.5. The van der Waals surface area contributed by atoms with Crippen molar-refractivity contribution in [3.05, 3.63) is 24.5 Å². The Kier molecular flexibility index (Phi) is 5.11. The summed E-state index contributed by atoms with van der Waals surface area (Å²) < 4.78 is 5.80. The number of pyridine rings is 1. The number of carbonyl (C=O) groups is 1. The lowest BCUT2D eigenvalue weighted by Crippen LogP contribution is -2.59. The Morgan fingerprint density at radius 1 is 1.32 bits per heavy atom.